The van der Waals surface area contributed by atoms with Crippen molar-refractivity contribution < 1.29 is 4.74 Å². The lowest BCUT2D eigenvalue weighted by Gasteiger charge is -2.09. The van der Waals surface area contributed by atoms with E-state index in [4.69, 9.17) is 21.6 Å². The number of ether oxygens (including phenoxy) is 1. The summed E-state index contributed by atoms with van der Waals surface area (Å²) in [6.45, 7) is 2.05. The van der Waals surface area contributed by atoms with E-state index in [0.29, 0.717) is 13.0 Å². The van der Waals surface area contributed by atoms with Crippen LogP contribution in [0.5, 0.6) is 5.75 Å². The van der Waals surface area contributed by atoms with Gasteiger partial charge in [-0.1, -0.05) is 41.9 Å². The molecule has 0 bridgehead atoms. The zero-order valence-corrected chi connectivity index (χ0v) is 13.1. The lowest BCUT2D eigenvalue weighted by molar-refractivity contribution is 0.312. The highest BCUT2D eigenvalue weighted by atomic mass is 35.5. The summed E-state index contributed by atoms with van der Waals surface area (Å²) in [5.74, 6) is 0.843. The lowest BCUT2D eigenvalue weighted by atomic mass is 10.2. The molecule has 0 aliphatic rings. The molecule has 0 saturated carbocycles. The molecule has 22 heavy (non-hydrogen) atoms. The molecule has 0 amide bonds. The van der Waals surface area contributed by atoms with Crippen molar-refractivity contribution in [1.82, 2.24) is 5.32 Å². The molecule has 2 aromatic carbocycles. The maximum Gasteiger partial charge on any atom is 0.119 e. The first kappa shape index (κ1) is 16.4. The van der Waals surface area contributed by atoms with Crippen LogP contribution in [0, 0.1) is 11.3 Å². The van der Waals surface area contributed by atoms with Crippen molar-refractivity contribution in [3.05, 3.63) is 64.7 Å². The van der Waals surface area contributed by atoms with E-state index in [1.807, 2.05) is 42.5 Å². The number of hydrogen-bond donors (Lipinski definition) is 1. The summed E-state index contributed by atoms with van der Waals surface area (Å²) in [7, 11) is 0. The number of nitrogens with zero attached hydrogens (tertiary/aromatic N) is 1. The number of rotatable bonds is 8. The van der Waals surface area contributed by atoms with Gasteiger partial charge < -0.3 is 10.1 Å². The first-order chi connectivity index (χ1) is 10.8. The quantitative estimate of drug-likeness (QED) is 0.738. The fourth-order valence-corrected chi connectivity index (χ4v) is 2.27. The molecular weight excluding hydrogens is 296 g/mol. The predicted molar refractivity (Wildman–Crippen MR) is 88.8 cm³/mol. The fourth-order valence-electron chi connectivity index (χ4n) is 2.07. The highest BCUT2D eigenvalue weighted by Gasteiger charge is 2.00. The molecule has 0 radical (unpaired) electrons. The van der Waals surface area contributed by atoms with Gasteiger partial charge in [-0.15, -0.1) is 0 Å². The largest absolute Gasteiger partial charge is 0.494 e. The standard InChI is InChI=1S/C18H19ClN2O/c19-18-9-2-1-7-16(18)14-21-13-15-6-5-8-17(12-15)22-11-4-3-10-20/h1-2,5-9,12,21H,3-4,11,13-14H2. The van der Waals surface area contributed by atoms with Gasteiger partial charge in [0.25, 0.3) is 0 Å². The normalized spacial score (nSPS) is 10.2. The van der Waals surface area contributed by atoms with Crippen molar-refractivity contribution in [2.45, 2.75) is 25.9 Å². The van der Waals surface area contributed by atoms with Gasteiger partial charge in [0.15, 0.2) is 0 Å². The predicted octanol–water partition coefficient (Wildman–Crippen LogP) is 4.31. The molecule has 0 aliphatic heterocycles. The minimum absolute atomic E-state index is 0.527. The topological polar surface area (TPSA) is 45.0 Å². The number of hydrogen-bond acceptors (Lipinski definition) is 3. The average Bonchev–Trinajstić information content (AvgIpc) is 2.54. The summed E-state index contributed by atoms with van der Waals surface area (Å²) in [5, 5.41) is 12.7. The van der Waals surface area contributed by atoms with Gasteiger partial charge in [0.1, 0.15) is 5.75 Å². The Balaban J connectivity index is 1.80. The first-order valence-corrected chi connectivity index (χ1v) is 7.70. The maximum absolute atomic E-state index is 8.49. The second-order valence-corrected chi connectivity index (χ2v) is 5.36. The molecule has 3 nitrogen and oxygen atoms in total. The van der Waals surface area contributed by atoms with Crippen LogP contribution in [0.15, 0.2) is 48.5 Å². The van der Waals surface area contributed by atoms with Crippen LogP contribution >= 0.6 is 11.6 Å². The second kappa shape index (κ2) is 9.09. The second-order valence-electron chi connectivity index (χ2n) is 4.95. The molecule has 2 rings (SSSR count). The smallest absolute Gasteiger partial charge is 0.119 e. The Morgan fingerprint density at radius 2 is 1.95 bits per heavy atom. The van der Waals surface area contributed by atoms with Crippen molar-refractivity contribution >= 4 is 11.6 Å². The van der Waals surface area contributed by atoms with Crippen LogP contribution in [0.3, 0.4) is 0 Å². The van der Waals surface area contributed by atoms with E-state index in [0.717, 1.165) is 41.4 Å². The van der Waals surface area contributed by atoms with E-state index >= 15 is 0 Å². The zero-order valence-electron chi connectivity index (χ0n) is 12.4. The molecule has 0 saturated heterocycles. The van der Waals surface area contributed by atoms with Crippen LogP contribution < -0.4 is 10.1 Å². The Bertz CT molecular complexity index is 637. The third-order valence-electron chi connectivity index (χ3n) is 3.20. The Hall–Kier alpha value is -2.02. The summed E-state index contributed by atoms with van der Waals surface area (Å²) < 4.78 is 5.63. The Kier molecular flexibility index (Phi) is 6.76. The van der Waals surface area contributed by atoms with Gasteiger partial charge >= 0.3 is 0 Å². The van der Waals surface area contributed by atoms with Crippen molar-refractivity contribution in [2.24, 2.45) is 0 Å². The van der Waals surface area contributed by atoms with Crippen LogP contribution in [0.4, 0.5) is 0 Å². The van der Waals surface area contributed by atoms with Crippen LogP contribution in [-0.4, -0.2) is 6.61 Å². The van der Waals surface area contributed by atoms with Crippen LogP contribution in [0.25, 0.3) is 0 Å². The van der Waals surface area contributed by atoms with Gasteiger partial charge in [0.2, 0.25) is 0 Å². The summed E-state index contributed by atoms with van der Waals surface area (Å²) >= 11 is 6.13. The molecular formula is C18H19ClN2O. The van der Waals surface area contributed by atoms with Crippen molar-refractivity contribution in [1.29, 1.82) is 5.26 Å². The van der Waals surface area contributed by atoms with Crippen molar-refractivity contribution in [2.75, 3.05) is 6.61 Å². The fraction of sp³-hybridized carbons (Fsp3) is 0.278. The number of unbranched alkanes of at least 4 members (excludes halogenated alkanes) is 1. The highest BCUT2D eigenvalue weighted by Crippen LogP contribution is 2.16. The van der Waals surface area contributed by atoms with Crippen molar-refractivity contribution in [3.8, 4) is 11.8 Å². The summed E-state index contributed by atoms with van der Waals surface area (Å²) in [4.78, 5) is 0. The van der Waals surface area contributed by atoms with E-state index in [1.54, 1.807) is 0 Å². The molecule has 1 N–H and O–H groups in total. The number of nitrogens with one attached hydrogen (secondary N) is 1. The lowest BCUT2D eigenvalue weighted by Crippen LogP contribution is -2.13. The Morgan fingerprint density at radius 1 is 1.09 bits per heavy atom. The third-order valence-corrected chi connectivity index (χ3v) is 3.57. The van der Waals surface area contributed by atoms with Crippen LogP contribution in [-0.2, 0) is 13.1 Å². The van der Waals surface area contributed by atoms with Crippen molar-refractivity contribution in [3.63, 3.8) is 0 Å². The summed E-state index contributed by atoms with van der Waals surface area (Å²) in [5.41, 5.74) is 2.25. The molecule has 0 aliphatic carbocycles. The van der Waals surface area contributed by atoms with Crippen LogP contribution in [0.1, 0.15) is 24.0 Å². The third kappa shape index (κ3) is 5.40. The van der Waals surface area contributed by atoms with E-state index in [1.165, 1.54) is 0 Å². The van der Waals surface area contributed by atoms with E-state index in [2.05, 4.69) is 17.5 Å². The van der Waals surface area contributed by atoms with E-state index in [-0.39, 0.29) is 0 Å². The minimum Gasteiger partial charge on any atom is -0.494 e. The molecule has 0 spiro atoms. The SMILES string of the molecule is N#CCCCOc1cccc(CNCc2ccccc2Cl)c1. The van der Waals surface area contributed by atoms with E-state index in [9.17, 15) is 0 Å². The Labute approximate surface area is 136 Å². The molecule has 114 valence electrons. The van der Waals surface area contributed by atoms with Gasteiger partial charge in [-0.05, 0) is 35.7 Å². The van der Waals surface area contributed by atoms with Gasteiger partial charge in [-0.3, -0.25) is 0 Å². The van der Waals surface area contributed by atoms with E-state index < -0.39 is 0 Å². The highest BCUT2D eigenvalue weighted by molar-refractivity contribution is 6.31. The molecule has 4 heteroatoms. The minimum atomic E-state index is 0.527. The number of nitriles is 1. The van der Waals surface area contributed by atoms with Gasteiger partial charge in [0, 0.05) is 24.5 Å². The molecule has 0 atom stereocenters. The van der Waals surface area contributed by atoms with Crippen LogP contribution in [0.2, 0.25) is 5.02 Å². The number of benzene rings is 2. The average molecular weight is 315 g/mol. The number of halogens is 1. The summed E-state index contributed by atoms with van der Waals surface area (Å²) in [6, 6.07) is 17.9. The monoisotopic (exact) mass is 314 g/mol. The van der Waals surface area contributed by atoms with Gasteiger partial charge in [-0.2, -0.15) is 5.26 Å². The Morgan fingerprint density at radius 3 is 2.77 bits per heavy atom. The molecule has 0 heterocycles. The molecule has 2 aromatic rings. The molecule has 0 aromatic heterocycles. The van der Waals surface area contributed by atoms with Gasteiger partial charge in [-0.25, -0.2) is 0 Å². The molecule has 0 fully saturated rings. The first-order valence-electron chi connectivity index (χ1n) is 7.32. The van der Waals surface area contributed by atoms with Gasteiger partial charge in [0.05, 0.1) is 12.7 Å². The zero-order chi connectivity index (χ0) is 15.6. The summed E-state index contributed by atoms with van der Waals surface area (Å²) in [6.07, 6.45) is 1.28. The molecule has 0 unspecified atom stereocenters. The maximum atomic E-state index is 8.49.